The van der Waals surface area contributed by atoms with Crippen molar-refractivity contribution in [3.8, 4) is 5.75 Å². The third-order valence-electron chi connectivity index (χ3n) is 2.95. The van der Waals surface area contributed by atoms with Gasteiger partial charge in [0, 0.05) is 13.8 Å². The van der Waals surface area contributed by atoms with Crippen LogP contribution in [0, 0.1) is 0 Å². The largest absolute Gasteiger partial charge is 0.494 e. The summed E-state index contributed by atoms with van der Waals surface area (Å²) in [5, 5.41) is 3.55. The van der Waals surface area contributed by atoms with Gasteiger partial charge in [-0.2, -0.15) is 0 Å². The van der Waals surface area contributed by atoms with Crippen molar-refractivity contribution in [3.63, 3.8) is 0 Å². The maximum absolute atomic E-state index is 5.55. The molecule has 0 radical (unpaired) electrons. The Balaban J connectivity index is 2.38. The van der Waals surface area contributed by atoms with Crippen molar-refractivity contribution in [3.05, 3.63) is 47.4 Å². The second-order valence-electron chi connectivity index (χ2n) is 4.38. The molecule has 0 saturated carbocycles. The number of nitrogens with one attached hydrogen (secondary N) is 1. The fraction of sp³-hybridized carbons (Fsp3) is 0.333. The van der Waals surface area contributed by atoms with Crippen LogP contribution in [-0.4, -0.2) is 13.2 Å². The molecule has 1 aromatic heterocycles. The van der Waals surface area contributed by atoms with Crippen LogP contribution in [0.1, 0.15) is 30.3 Å². The van der Waals surface area contributed by atoms with Gasteiger partial charge in [0.15, 0.2) is 0 Å². The van der Waals surface area contributed by atoms with Gasteiger partial charge in [-0.15, -0.1) is 11.3 Å². The SMILES string of the molecule is CCNC(c1cc(Br)c(Br)s1)c1ccc(OCC)cc1Br. The summed E-state index contributed by atoms with van der Waals surface area (Å²) in [6, 6.07) is 8.48. The number of rotatable bonds is 6. The zero-order valence-corrected chi connectivity index (χ0v) is 17.3. The molecule has 0 amide bonds. The van der Waals surface area contributed by atoms with Crippen LogP contribution in [0.25, 0.3) is 0 Å². The number of hydrogen-bond donors (Lipinski definition) is 1. The summed E-state index contributed by atoms with van der Waals surface area (Å²) in [5.41, 5.74) is 1.21. The molecule has 0 spiro atoms. The van der Waals surface area contributed by atoms with E-state index in [0.29, 0.717) is 6.61 Å². The highest BCUT2D eigenvalue weighted by Gasteiger charge is 2.19. The molecule has 114 valence electrons. The Hall–Kier alpha value is 0.120. The van der Waals surface area contributed by atoms with Crippen LogP contribution in [0.3, 0.4) is 0 Å². The highest BCUT2D eigenvalue weighted by Crippen LogP contribution is 2.39. The second kappa shape index (κ2) is 8.11. The van der Waals surface area contributed by atoms with E-state index in [-0.39, 0.29) is 6.04 Å². The van der Waals surface area contributed by atoms with Gasteiger partial charge in [0.2, 0.25) is 0 Å². The molecule has 6 heteroatoms. The highest BCUT2D eigenvalue weighted by atomic mass is 79.9. The molecule has 0 fully saturated rings. The van der Waals surface area contributed by atoms with Crippen molar-refractivity contribution in [2.24, 2.45) is 0 Å². The van der Waals surface area contributed by atoms with Crippen molar-refractivity contribution in [1.82, 2.24) is 5.32 Å². The second-order valence-corrected chi connectivity index (χ2v) is 8.49. The Morgan fingerprint density at radius 2 is 1.90 bits per heavy atom. The molecule has 2 rings (SSSR count). The lowest BCUT2D eigenvalue weighted by Crippen LogP contribution is -2.21. The van der Waals surface area contributed by atoms with Gasteiger partial charge in [0.1, 0.15) is 5.75 Å². The molecule has 0 bridgehead atoms. The molecular formula is C15H16Br3NOS. The fourth-order valence-electron chi connectivity index (χ4n) is 2.07. The Kier molecular flexibility index (Phi) is 6.75. The van der Waals surface area contributed by atoms with E-state index in [1.807, 2.05) is 19.1 Å². The third kappa shape index (κ3) is 4.32. The topological polar surface area (TPSA) is 21.3 Å². The van der Waals surface area contributed by atoms with E-state index < -0.39 is 0 Å². The molecule has 2 aromatic rings. The van der Waals surface area contributed by atoms with E-state index >= 15 is 0 Å². The molecule has 1 unspecified atom stereocenters. The Morgan fingerprint density at radius 1 is 1.14 bits per heavy atom. The van der Waals surface area contributed by atoms with Gasteiger partial charge in [-0.1, -0.05) is 28.9 Å². The summed E-state index contributed by atoms with van der Waals surface area (Å²) in [5.74, 6) is 0.886. The van der Waals surface area contributed by atoms with Crippen molar-refractivity contribution < 1.29 is 4.74 Å². The first-order chi connectivity index (χ1) is 10.1. The van der Waals surface area contributed by atoms with Gasteiger partial charge in [0.05, 0.1) is 16.4 Å². The Labute approximate surface area is 154 Å². The van der Waals surface area contributed by atoms with Crippen LogP contribution in [0.15, 0.2) is 37.0 Å². The summed E-state index contributed by atoms with van der Waals surface area (Å²) in [6.45, 7) is 5.68. The average Bonchev–Trinajstić information content (AvgIpc) is 2.77. The van der Waals surface area contributed by atoms with Gasteiger partial charge < -0.3 is 10.1 Å². The predicted octanol–water partition coefficient (Wildman–Crippen LogP) is 6.13. The van der Waals surface area contributed by atoms with Crippen molar-refractivity contribution in [2.45, 2.75) is 19.9 Å². The van der Waals surface area contributed by atoms with E-state index in [0.717, 1.165) is 25.0 Å². The number of halogens is 3. The third-order valence-corrected chi connectivity index (χ3v) is 6.96. The first kappa shape index (κ1) is 17.5. The quantitative estimate of drug-likeness (QED) is 0.518. The summed E-state index contributed by atoms with van der Waals surface area (Å²) in [7, 11) is 0. The van der Waals surface area contributed by atoms with Crippen LogP contribution in [-0.2, 0) is 0 Å². The van der Waals surface area contributed by atoms with E-state index in [2.05, 4.69) is 72.2 Å². The van der Waals surface area contributed by atoms with Crippen molar-refractivity contribution in [2.75, 3.05) is 13.2 Å². The van der Waals surface area contributed by atoms with E-state index in [1.165, 1.54) is 10.4 Å². The first-order valence-corrected chi connectivity index (χ1v) is 9.86. The molecule has 0 aliphatic rings. The monoisotopic (exact) mass is 495 g/mol. The number of ether oxygens (including phenoxy) is 1. The van der Waals surface area contributed by atoms with Crippen molar-refractivity contribution in [1.29, 1.82) is 0 Å². The Morgan fingerprint density at radius 3 is 2.43 bits per heavy atom. The predicted molar refractivity (Wildman–Crippen MR) is 101 cm³/mol. The van der Waals surface area contributed by atoms with Crippen LogP contribution in [0.4, 0.5) is 0 Å². The molecule has 21 heavy (non-hydrogen) atoms. The van der Waals surface area contributed by atoms with Crippen LogP contribution < -0.4 is 10.1 Å². The number of hydrogen-bond acceptors (Lipinski definition) is 3. The lowest BCUT2D eigenvalue weighted by molar-refractivity contribution is 0.340. The van der Waals surface area contributed by atoms with Crippen LogP contribution >= 0.6 is 59.1 Å². The molecule has 1 aromatic carbocycles. The minimum absolute atomic E-state index is 0.160. The lowest BCUT2D eigenvalue weighted by atomic mass is 10.1. The van der Waals surface area contributed by atoms with Gasteiger partial charge in [-0.3, -0.25) is 0 Å². The summed E-state index contributed by atoms with van der Waals surface area (Å²) < 4.78 is 8.81. The van der Waals surface area contributed by atoms with Gasteiger partial charge in [0.25, 0.3) is 0 Å². The molecular weight excluding hydrogens is 482 g/mol. The lowest BCUT2D eigenvalue weighted by Gasteiger charge is -2.19. The van der Waals surface area contributed by atoms with Gasteiger partial charge >= 0.3 is 0 Å². The molecule has 1 heterocycles. The normalized spacial score (nSPS) is 12.4. The molecule has 0 saturated heterocycles. The minimum Gasteiger partial charge on any atom is -0.494 e. The fourth-order valence-corrected chi connectivity index (χ4v) is 4.84. The molecule has 0 aliphatic carbocycles. The molecule has 2 nitrogen and oxygen atoms in total. The van der Waals surface area contributed by atoms with Gasteiger partial charge in [-0.05, 0) is 69.1 Å². The maximum atomic E-state index is 5.55. The zero-order chi connectivity index (χ0) is 15.4. The summed E-state index contributed by atoms with van der Waals surface area (Å²) in [6.07, 6.45) is 0. The number of thiophene rings is 1. The zero-order valence-electron chi connectivity index (χ0n) is 11.8. The first-order valence-electron chi connectivity index (χ1n) is 6.67. The standard InChI is InChI=1S/C15H16Br3NOS/c1-3-19-14(13-8-12(17)15(18)21-13)10-6-5-9(20-4-2)7-11(10)16/h5-8,14,19H,3-4H2,1-2H3. The maximum Gasteiger partial charge on any atom is 0.120 e. The van der Waals surface area contributed by atoms with Gasteiger partial charge in [-0.25, -0.2) is 0 Å². The van der Waals surface area contributed by atoms with E-state index in [1.54, 1.807) is 11.3 Å². The Bertz CT molecular complexity index is 595. The molecule has 1 N–H and O–H groups in total. The highest BCUT2D eigenvalue weighted by molar-refractivity contribution is 9.13. The smallest absolute Gasteiger partial charge is 0.120 e. The van der Waals surface area contributed by atoms with E-state index in [4.69, 9.17) is 4.74 Å². The van der Waals surface area contributed by atoms with Crippen molar-refractivity contribution >= 4 is 59.1 Å². The summed E-state index contributed by atoms with van der Waals surface area (Å²) in [4.78, 5) is 1.26. The van der Waals surface area contributed by atoms with Crippen LogP contribution in [0.5, 0.6) is 5.75 Å². The number of benzene rings is 1. The van der Waals surface area contributed by atoms with E-state index in [9.17, 15) is 0 Å². The minimum atomic E-state index is 0.160. The van der Waals surface area contributed by atoms with Crippen LogP contribution in [0.2, 0.25) is 0 Å². The summed E-state index contributed by atoms with van der Waals surface area (Å²) >= 11 is 12.5. The molecule has 1 atom stereocenters. The molecule has 0 aliphatic heterocycles. The average molecular weight is 498 g/mol.